The van der Waals surface area contributed by atoms with Crippen LogP contribution in [-0.4, -0.2) is 74.8 Å². The molecule has 1 aliphatic heterocycles. The van der Waals surface area contributed by atoms with Crippen molar-refractivity contribution in [2.24, 2.45) is 0 Å². The summed E-state index contributed by atoms with van der Waals surface area (Å²) in [5, 5.41) is 22.1. The van der Waals surface area contributed by atoms with Crippen LogP contribution in [0.15, 0.2) is 0 Å². The van der Waals surface area contributed by atoms with Crippen molar-refractivity contribution in [3.8, 4) is 6.07 Å². The quantitative estimate of drug-likeness (QED) is 0.621. The van der Waals surface area contributed by atoms with Gasteiger partial charge in [-0.05, 0) is 6.92 Å². The Bertz CT molecular complexity index is 270. The summed E-state index contributed by atoms with van der Waals surface area (Å²) in [5.74, 6) is 0. The number of nitriles is 1. The number of aliphatic hydroxyl groups is 1. The number of hydrogen-bond donors (Lipinski definition) is 2. The van der Waals surface area contributed by atoms with Crippen LogP contribution in [0.4, 0.5) is 0 Å². The molecule has 104 valence electrons. The van der Waals surface area contributed by atoms with Crippen LogP contribution < -0.4 is 5.32 Å². The van der Waals surface area contributed by atoms with Crippen LogP contribution in [0.25, 0.3) is 0 Å². The first-order chi connectivity index (χ1) is 8.67. The van der Waals surface area contributed by atoms with Gasteiger partial charge in [0, 0.05) is 33.3 Å². The van der Waals surface area contributed by atoms with E-state index < -0.39 is 6.10 Å². The van der Waals surface area contributed by atoms with E-state index in [-0.39, 0.29) is 18.8 Å². The third-order valence-corrected chi connectivity index (χ3v) is 2.92. The van der Waals surface area contributed by atoms with Gasteiger partial charge in [0.15, 0.2) is 0 Å². The summed E-state index contributed by atoms with van der Waals surface area (Å²) < 4.78 is 10.4. The summed E-state index contributed by atoms with van der Waals surface area (Å²) in [6, 6.07) is 2.07. The Hall–Kier alpha value is -0.710. The van der Waals surface area contributed by atoms with Crippen LogP contribution in [-0.2, 0) is 9.47 Å². The van der Waals surface area contributed by atoms with Crippen molar-refractivity contribution in [2.75, 3.05) is 46.5 Å². The molecule has 1 saturated heterocycles. The molecule has 3 atom stereocenters. The van der Waals surface area contributed by atoms with Gasteiger partial charge in [-0.3, -0.25) is 4.90 Å². The largest absolute Gasteiger partial charge is 0.389 e. The molecular formula is C12H23N3O3. The second-order valence-corrected chi connectivity index (χ2v) is 4.60. The van der Waals surface area contributed by atoms with E-state index in [2.05, 4.69) is 11.4 Å². The summed E-state index contributed by atoms with van der Waals surface area (Å²) in [5.41, 5.74) is 0. The molecule has 0 radical (unpaired) electrons. The van der Waals surface area contributed by atoms with Gasteiger partial charge in [-0.15, -0.1) is 0 Å². The Morgan fingerprint density at radius 3 is 3.00 bits per heavy atom. The summed E-state index contributed by atoms with van der Waals surface area (Å²) in [4.78, 5) is 1.99. The number of nitrogens with zero attached hydrogens (tertiary/aromatic N) is 2. The predicted octanol–water partition coefficient (Wildman–Crippen LogP) is -0.804. The number of piperazine rings is 1. The Balaban J connectivity index is 2.26. The van der Waals surface area contributed by atoms with Gasteiger partial charge >= 0.3 is 0 Å². The maximum atomic E-state index is 9.89. The molecule has 0 bridgehead atoms. The molecule has 0 saturated carbocycles. The lowest BCUT2D eigenvalue weighted by atomic mass is 10.2. The average molecular weight is 257 g/mol. The molecule has 6 nitrogen and oxygen atoms in total. The van der Waals surface area contributed by atoms with Crippen molar-refractivity contribution >= 4 is 0 Å². The minimum atomic E-state index is -0.571. The molecule has 0 aromatic heterocycles. The van der Waals surface area contributed by atoms with E-state index in [4.69, 9.17) is 14.7 Å². The van der Waals surface area contributed by atoms with Gasteiger partial charge in [-0.2, -0.15) is 5.26 Å². The number of nitrogens with one attached hydrogen (secondary N) is 1. The summed E-state index contributed by atoms with van der Waals surface area (Å²) >= 11 is 0. The van der Waals surface area contributed by atoms with Crippen molar-refractivity contribution in [2.45, 2.75) is 25.2 Å². The van der Waals surface area contributed by atoms with Gasteiger partial charge in [0.25, 0.3) is 0 Å². The second kappa shape index (κ2) is 8.40. The molecule has 0 amide bonds. The average Bonchev–Trinajstić information content (AvgIpc) is 2.37. The molecule has 0 aromatic carbocycles. The number of methoxy groups -OCH3 is 1. The molecule has 1 rings (SSSR count). The van der Waals surface area contributed by atoms with Crippen molar-refractivity contribution in [1.29, 1.82) is 5.26 Å². The third-order valence-electron chi connectivity index (χ3n) is 2.92. The van der Waals surface area contributed by atoms with Crippen LogP contribution in [0.2, 0.25) is 0 Å². The molecule has 0 spiro atoms. The fourth-order valence-corrected chi connectivity index (χ4v) is 1.97. The maximum absolute atomic E-state index is 9.89. The molecule has 0 aromatic rings. The second-order valence-electron chi connectivity index (χ2n) is 4.60. The predicted molar refractivity (Wildman–Crippen MR) is 67.1 cm³/mol. The third kappa shape index (κ3) is 5.29. The molecule has 18 heavy (non-hydrogen) atoms. The fraction of sp³-hybridized carbons (Fsp3) is 0.917. The van der Waals surface area contributed by atoms with Crippen LogP contribution in [0, 0.1) is 11.3 Å². The van der Waals surface area contributed by atoms with E-state index in [1.54, 1.807) is 7.11 Å². The van der Waals surface area contributed by atoms with Gasteiger partial charge in [0.1, 0.15) is 6.04 Å². The number of ether oxygens (including phenoxy) is 2. The number of hydrogen-bond acceptors (Lipinski definition) is 6. The van der Waals surface area contributed by atoms with Gasteiger partial charge in [-0.25, -0.2) is 0 Å². The molecule has 1 aliphatic rings. The van der Waals surface area contributed by atoms with Crippen molar-refractivity contribution < 1.29 is 14.6 Å². The van der Waals surface area contributed by atoms with E-state index >= 15 is 0 Å². The molecule has 6 heteroatoms. The van der Waals surface area contributed by atoms with Crippen LogP contribution in [0.1, 0.15) is 6.92 Å². The van der Waals surface area contributed by atoms with Crippen LogP contribution >= 0.6 is 0 Å². The molecule has 1 fully saturated rings. The normalized spacial score (nSPS) is 24.4. The highest BCUT2D eigenvalue weighted by Gasteiger charge is 2.23. The standard InChI is InChI=1S/C12H23N3O3/c1-10(8-17-2)18-9-12(16)7-15-4-3-14-6-11(15)5-13/h10-12,14,16H,3-4,6-9H2,1-2H3. The zero-order valence-electron chi connectivity index (χ0n) is 11.1. The molecule has 3 unspecified atom stereocenters. The Morgan fingerprint density at radius 2 is 2.33 bits per heavy atom. The minimum absolute atomic E-state index is 0.0283. The smallest absolute Gasteiger partial charge is 0.110 e. The van der Waals surface area contributed by atoms with Crippen LogP contribution in [0.3, 0.4) is 0 Å². The topological polar surface area (TPSA) is 77.8 Å². The SMILES string of the molecule is COCC(C)OCC(O)CN1CCNCC1C#N. The Labute approximate surface area is 108 Å². The van der Waals surface area contributed by atoms with Crippen LogP contribution in [0.5, 0.6) is 0 Å². The van der Waals surface area contributed by atoms with Gasteiger partial charge < -0.3 is 19.9 Å². The lowest BCUT2D eigenvalue weighted by Crippen LogP contribution is -2.53. The van der Waals surface area contributed by atoms with E-state index in [0.29, 0.717) is 19.7 Å². The minimum Gasteiger partial charge on any atom is -0.389 e. The maximum Gasteiger partial charge on any atom is 0.110 e. The zero-order valence-corrected chi connectivity index (χ0v) is 11.1. The highest BCUT2D eigenvalue weighted by molar-refractivity contribution is 4.96. The lowest BCUT2D eigenvalue weighted by molar-refractivity contribution is -0.0423. The van der Waals surface area contributed by atoms with E-state index in [0.717, 1.165) is 13.1 Å². The molecule has 2 N–H and O–H groups in total. The van der Waals surface area contributed by atoms with E-state index in [1.807, 2.05) is 11.8 Å². The van der Waals surface area contributed by atoms with Gasteiger partial charge in [0.2, 0.25) is 0 Å². The van der Waals surface area contributed by atoms with Crippen molar-refractivity contribution in [1.82, 2.24) is 10.2 Å². The Kier molecular flexibility index (Phi) is 7.16. The van der Waals surface area contributed by atoms with Gasteiger partial charge in [0.05, 0.1) is 31.5 Å². The Morgan fingerprint density at radius 1 is 1.56 bits per heavy atom. The highest BCUT2D eigenvalue weighted by Crippen LogP contribution is 2.04. The first kappa shape index (κ1) is 15.3. The summed E-state index contributed by atoms with van der Waals surface area (Å²) in [7, 11) is 1.62. The number of rotatable bonds is 7. The molecule has 0 aliphatic carbocycles. The summed E-state index contributed by atoms with van der Waals surface area (Å²) in [6.07, 6.45) is -0.599. The van der Waals surface area contributed by atoms with Gasteiger partial charge in [-0.1, -0.05) is 0 Å². The monoisotopic (exact) mass is 257 g/mol. The zero-order chi connectivity index (χ0) is 13.4. The first-order valence-corrected chi connectivity index (χ1v) is 6.30. The number of aliphatic hydroxyl groups excluding tert-OH is 1. The highest BCUT2D eigenvalue weighted by atomic mass is 16.5. The van der Waals surface area contributed by atoms with Crippen molar-refractivity contribution in [3.63, 3.8) is 0 Å². The molecular weight excluding hydrogens is 234 g/mol. The fourth-order valence-electron chi connectivity index (χ4n) is 1.97. The van der Waals surface area contributed by atoms with E-state index in [9.17, 15) is 5.11 Å². The molecule has 1 heterocycles. The lowest BCUT2D eigenvalue weighted by Gasteiger charge is -2.33. The number of β-amino-alcohol motifs (C(OH)–C–C–N with tert-alkyl or cyclic N) is 1. The van der Waals surface area contributed by atoms with E-state index in [1.165, 1.54) is 0 Å². The summed E-state index contributed by atoms with van der Waals surface area (Å²) in [6.45, 7) is 5.45. The first-order valence-electron chi connectivity index (χ1n) is 6.30. The van der Waals surface area contributed by atoms with Crippen molar-refractivity contribution in [3.05, 3.63) is 0 Å².